The molecule has 0 bridgehead atoms. The first-order valence-corrected chi connectivity index (χ1v) is 8.46. The van der Waals surface area contributed by atoms with Crippen molar-refractivity contribution in [3.05, 3.63) is 94.5 Å². The molecular weight excluding hydrogens is 311 g/mol. The normalized spacial score (nSPS) is 9.96. The fourth-order valence-electron chi connectivity index (χ4n) is 3.25. The quantitative estimate of drug-likeness (QED) is 0.510. The van der Waals surface area contributed by atoms with Crippen molar-refractivity contribution in [1.82, 2.24) is 0 Å². The molecule has 0 aliphatic carbocycles. The summed E-state index contributed by atoms with van der Waals surface area (Å²) in [5.41, 5.74) is 9.59. The minimum absolute atomic E-state index is 0.989. The second-order valence-electron chi connectivity index (χ2n) is 6.08. The predicted molar refractivity (Wildman–Crippen MR) is 104 cm³/mol. The van der Waals surface area contributed by atoms with E-state index in [-0.39, 0.29) is 0 Å². The van der Waals surface area contributed by atoms with E-state index in [0.717, 1.165) is 6.42 Å². The largest absolute Gasteiger partial charge is 0.279 e. The fourth-order valence-corrected chi connectivity index (χ4v) is 3.25. The van der Waals surface area contributed by atoms with Crippen LogP contribution in [0.25, 0.3) is 11.1 Å². The first-order valence-electron chi connectivity index (χ1n) is 8.05. The van der Waals surface area contributed by atoms with Crippen molar-refractivity contribution in [1.29, 1.82) is 0 Å². The molecule has 0 aliphatic rings. The molecule has 0 amide bonds. The summed E-state index contributed by atoms with van der Waals surface area (Å²) in [6, 6.07) is 24.0. The zero-order chi connectivity index (χ0) is 17.5. The van der Waals surface area contributed by atoms with Crippen molar-refractivity contribution in [2.75, 3.05) is 0 Å². The van der Waals surface area contributed by atoms with E-state index in [9.17, 15) is 0 Å². The van der Waals surface area contributed by atoms with Gasteiger partial charge in [-0.15, -0.1) is 0 Å². The molecule has 122 valence electrons. The van der Waals surface area contributed by atoms with Gasteiger partial charge in [-0.05, 0) is 60.6 Å². The maximum absolute atomic E-state index is 8.06. The maximum Gasteiger partial charge on any atom is 0.138 e. The molecule has 0 N–H and O–H groups in total. The third kappa shape index (κ3) is 4.19. The average molecular weight is 334 g/mol. The summed E-state index contributed by atoms with van der Waals surface area (Å²) in [7, 11) is 1.72. The first-order chi connectivity index (χ1) is 11.6. The summed E-state index contributed by atoms with van der Waals surface area (Å²) < 4.78 is 8.06. The Morgan fingerprint density at radius 3 is 1.92 bits per heavy atom. The topological polar surface area (TPSA) is 17.1 Å². The molecule has 1 nitrogen and oxygen atoms in total. The number of aryl methyl sites for hydroxylation is 3. The summed E-state index contributed by atoms with van der Waals surface area (Å²) in [5, 5.41) is 0. The Kier molecular flexibility index (Phi) is 6.46. The zero-order valence-electron chi connectivity index (χ0n) is 14.5. The molecule has 0 aliphatic heterocycles. The second kappa shape index (κ2) is 8.57. The molecule has 0 spiro atoms. The summed E-state index contributed by atoms with van der Waals surface area (Å²) in [4.78, 5) is 0. The SMILES string of the molecule is Cc1cc(C)c(Cc2ccccc2-c2ccccc2)c(C)c1.O=P. The van der Waals surface area contributed by atoms with E-state index < -0.39 is 0 Å². The molecule has 24 heavy (non-hydrogen) atoms. The minimum Gasteiger partial charge on any atom is -0.279 e. The molecule has 2 heteroatoms. The minimum atomic E-state index is 0.989. The molecule has 3 aromatic rings. The summed E-state index contributed by atoms with van der Waals surface area (Å²) in [6.45, 7) is 6.61. The van der Waals surface area contributed by atoms with E-state index >= 15 is 0 Å². The van der Waals surface area contributed by atoms with Crippen LogP contribution < -0.4 is 0 Å². The van der Waals surface area contributed by atoms with Crippen LogP contribution in [0.1, 0.15) is 27.8 Å². The van der Waals surface area contributed by atoms with E-state index in [1.807, 2.05) is 0 Å². The summed E-state index contributed by atoms with van der Waals surface area (Å²) in [5.74, 6) is 0. The molecule has 0 fully saturated rings. The first kappa shape index (κ1) is 18.1. The lowest BCUT2D eigenvalue weighted by Gasteiger charge is -2.14. The highest BCUT2D eigenvalue weighted by atomic mass is 31.0. The highest BCUT2D eigenvalue weighted by molar-refractivity contribution is 7.00. The number of rotatable bonds is 3. The van der Waals surface area contributed by atoms with Crippen molar-refractivity contribution < 1.29 is 4.57 Å². The summed E-state index contributed by atoms with van der Waals surface area (Å²) in [6.07, 6.45) is 0.989. The Morgan fingerprint density at radius 2 is 1.29 bits per heavy atom. The lowest BCUT2D eigenvalue weighted by Crippen LogP contribution is -1.98. The number of hydrogen-bond donors (Lipinski definition) is 0. The number of hydrogen-bond acceptors (Lipinski definition) is 1. The standard InChI is InChI=1S/C22H22.HOP/c1-16-13-17(2)22(18(3)14-16)15-20-11-7-8-12-21(20)19-9-5-4-6-10-19;1-2/h4-14H,15H2,1-3H3;2H. The van der Waals surface area contributed by atoms with Gasteiger partial charge in [-0.25, -0.2) is 0 Å². The van der Waals surface area contributed by atoms with Crippen molar-refractivity contribution in [3.8, 4) is 11.1 Å². The molecule has 0 heterocycles. The van der Waals surface area contributed by atoms with Crippen LogP contribution in [0, 0.1) is 20.8 Å². The van der Waals surface area contributed by atoms with Crippen LogP contribution in [0.2, 0.25) is 0 Å². The predicted octanol–water partition coefficient (Wildman–Crippen LogP) is 6.34. The lowest BCUT2D eigenvalue weighted by atomic mass is 9.90. The van der Waals surface area contributed by atoms with Crippen LogP contribution in [-0.4, -0.2) is 0 Å². The Bertz CT molecular complexity index is 786. The lowest BCUT2D eigenvalue weighted by molar-refractivity contribution is 0.607. The molecule has 0 unspecified atom stereocenters. The zero-order valence-corrected chi connectivity index (χ0v) is 15.5. The Balaban J connectivity index is 0.00000100. The van der Waals surface area contributed by atoms with Gasteiger partial charge in [0.15, 0.2) is 0 Å². The average Bonchev–Trinajstić information content (AvgIpc) is 2.61. The molecule has 0 saturated heterocycles. The monoisotopic (exact) mass is 334 g/mol. The van der Waals surface area contributed by atoms with Gasteiger partial charge in [-0.2, -0.15) is 0 Å². The molecule has 3 rings (SSSR count). The van der Waals surface area contributed by atoms with Gasteiger partial charge < -0.3 is 0 Å². The van der Waals surface area contributed by atoms with Crippen molar-refractivity contribution in [2.45, 2.75) is 27.2 Å². The third-order valence-electron chi connectivity index (χ3n) is 4.31. The Morgan fingerprint density at radius 1 is 0.750 bits per heavy atom. The second-order valence-corrected chi connectivity index (χ2v) is 6.08. The van der Waals surface area contributed by atoms with Crippen LogP contribution >= 0.6 is 9.12 Å². The fraction of sp³-hybridized carbons (Fsp3) is 0.182. The van der Waals surface area contributed by atoms with E-state index in [2.05, 4.69) is 87.5 Å². The Hall–Kier alpha value is -2.24. The van der Waals surface area contributed by atoms with Gasteiger partial charge in [0.05, 0.1) is 0 Å². The van der Waals surface area contributed by atoms with Crippen molar-refractivity contribution in [3.63, 3.8) is 0 Å². The van der Waals surface area contributed by atoms with Crippen LogP contribution in [-0.2, 0) is 11.0 Å². The van der Waals surface area contributed by atoms with Crippen molar-refractivity contribution >= 4 is 9.12 Å². The van der Waals surface area contributed by atoms with Crippen LogP contribution in [0.3, 0.4) is 0 Å². The molecule has 3 aromatic carbocycles. The van der Waals surface area contributed by atoms with E-state index in [1.54, 1.807) is 9.12 Å². The highest BCUT2D eigenvalue weighted by Gasteiger charge is 2.09. The van der Waals surface area contributed by atoms with Crippen molar-refractivity contribution in [2.24, 2.45) is 0 Å². The van der Waals surface area contributed by atoms with Gasteiger partial charge >= 0.3 is 0 Å². The third-order valence-corrected chi connectivity index (χ3v) is 4.31. The molecular formula is C22H23OP. The van der Waals surface area contributed by atoms with E-state index in [4.69, 9.17) is 4.57 Å². The van der Waals surface area contributed by atoms with Crippen LogP contribution in [0.5, 0.6) is 0 Å². The highest BCUT2D eigenvalue weighted by Crippen LogP contribution is 2.27. The maximum atomic E-state index is 8.06. The van der Waals surface area contributed by atoms with Gasteiger partial charge in [0, 0.05) is 0 Å². The van der Waals surface area contributed by atoms with E-state index in [1.165, 1.54) is 38.9 Å². The van der Waals surface area contributed by atoms with Crippen LogP contribution in [0.4, 0.5) is 0 Å². The smallest absolute Gasteiger partial charge is 0.138 e. The van der Waals surface area contributed by atoms with Crippen LogP contribution in [0.15, 0.2) is 66.7 Å². The van der Waals surface area contributed by atoms with Gasteiger partial charge in [0.25, 0.3) is 0 Å². The van der Waals surface area contributed by atoms with Gasteiger partial charge in [0.1, 0.15) is 9.12 Å². The van der Waals surface area contributed by atoms with E-state index in [0.29, 0.717) is 0 Å². The van der Waals surface area contributed by atoms with Gasteiger partial charge in [-0.3, -0.25) is 4.57 Å². The molecule has 0 radical (unpaired) electrons. The molecule has 0 aromatic heterocycles. The number of benzene rings is 3. The molecule has 0 atom stereocenters. The van der Waals surface area contributed by atoms with Gasteiger partial charge in [-0.1, -0.05) is 72.3 Å². The summed E-state index contributed by atoms with van der Waals surface area (Å²) >= 11 is 0. The Labute approximate surface area is 147 Å². The van der Waals surface area contributed by atoms with Gasteiger partial charge in [0.2, 0.25) is 0 Å². The molecule has 0 saturated carbocycles.